The van der Waals surface area contributed by atoms with Gasteiger partial charge in [-0.05, 0) is 29.3 Å². The monoisotopic (exact) mass is 284 g/mol. The minimum Gasteiger partial charge on any atom is -0.478 e. The second-order valence-corrected chi connectivity index (χ2v) is 4.34. The van der Waals surface area contributed by atoms with Crippen LogP contribution < -0.4 is 0 Å². The van der Waals surface area contributed by atoms with E-state index in [2.05, 4.69) is 4.74 Å². The van der Waals surface area contributed by atoms with Crippen molar-refractivity contribution < 1.29 is 24.2 Å². The normalized spacial score (nSPS) is 9.95. The molecule has 0 saturated heterocycles. The average Bonchev–Trinajstić information content (AvgIpc) is 2.53. The lowest BCUT2D eigenvalue weighted by atomic mass is 9.99. The van der Waals surface area contributed by atoms with Crippen LogP contribution >= 0.6 is 0 Å². The third kappa shape index (κ3) is 3.14. The molecule has 5 heteroatoms. The molecule has 21 heavy (non-hydrogen) atoms. The summed E-state index contributed by atoms with van der Waals surface area (Å²) in [5.41, 5.74) is 1.93. The molecule has 0 unspecified atom stereocenters. The Morgan fingerprint density at radius 1 is 1.00 bits per heavy atom. The number of aromatic carboxylic acids is 1. The van der Waals surface area contributed by atoms with Gasteiger partial charge in [0.1, 0.15) is 6.29 Å². The molecule has 106 valence electrons. The number of ether oxygens (including phenoxy) is 1. The second-order valence-electron chi connectivity index (χ2n) is 4.34. The van der Waals surface area contributed by atoms with E-state index in [-0.39, 0.29) is 11.1 Å². The molecule has 0 saturated carbocycles. The Morgan fingerprint density at radius 3 is 2.14 bits per heavy atom. The van der Waals surface area contributed by atoms with E-state index in [1.807, 2.05) is 0 Å². The molecule has 0 aliphatic carbocycles. The molecule has 5 nitrogen and oxygen atoms in total. The summed E-state index contributed by atoms with van der Waals surface area (Å²) in [7, 11) is 1.23. The van der Waals surface area contributed by atoms with E-state index in [4.69, 9.17) is 5.11 Å². The van der Waals surface area contributed by atoms with Gasteiger partial charge in [-0.25, -0.2) is 9.59 Å². The average molecular weight is 284 g/mol. The van der Waals surface area contributed by atoms with Crippen LogP contribution in [-0.4, -0.2) is 30.4 Å². The van der Waals surface area contributed by atoms with E-state index >= 15 is 0 Å². The summed E-state index contributed by atoms with van der Waals surface area (Å²) in [6.07, 6.45) is 0.720. The van der Waals surface area contributed by atoms with Crippen molar-refractivity contribution in [2.45, 2.75) is 0 Å². The highest BCUT2D eigenvalue weighted by atomic mass is 16.5. The lowest BCUT2D eigenvalue weighted by Gasteiger charge is -2.07. The molecule has 0 aliphatic rings. The Bertz CT molecular complexity index is 701. The first-order valence-electron chi connectivity index (χ1n) is 6.07. The first-order chi connectivity index (χ1) is 10.0. The van der Waals surface area contributed by atoms with Gasteiger partial charge in [-0.15, -0.1) is 0 Å². The van der Waals surface area contributed by atoms with Crippen LogP contribution in [0.1, 0.15) is 31.1 Å². The fraction of sp³-hybridized carbons (Fsp3) is 0.0625. The number of hydrogen-bond donors (Lipinski definition) is 1. The van der Waals surface area contributed by atoms with E-state index < -0.39 is 11.9 Å². The number of hydrogen-bond acceptors (Lipinski definition) is 4. The zero-order valence-electron chi connectivity index (χ0n) is 11.2. The SMILES string of the molecule is COC(=O)c1cc(C(=O)O)cc(-c2ccc(C=O)cc2)c1. The van der Waals surface area contributed by atoms with Crippen LogP contribution in [0.3, 0.4) is 0 Å². The molecule has 0 amide bonds. The predicted octanol–water partition coefficient (Wildman–Crippen LogP) is 2.65. The minimum atomic E-state index is -1.13. The van der Waals surface area contributed by atoms with E-state index in [0.29, 0.717) is 16.7 Å². The van der Waals surface area contributed by atoms with Crippen molar-refractivity contribution in [2.75, 3.05) is 7.11 Å². The van der Waals surface area contributed by atoms with Crippen molar-refractivity contribution in [3.05, 3.63) is 59.2 Å². The maximum atomic E-state index is 11.6. The van der Waals surface area contributed by atoms with Gasteiger partial charge < -0.3 is 9.84 Å². The van der Waals surface area contributed by atoms with Gasteiger partial charge in [0.25, 0.3) is 0 Å². The molecule has 0 aliphatic heterocycles. The Morgan fingerprint density at radius 2 is 1.62 bits per heavy atom. The highest BCUT2D eigenvalue weighted by molar-refractivity contribution is 5.97. The Hall–Kier alpha value is -2.95. The molecule has 0 spiro atoms. The molecular weight excluding hydrogens is 272 g/mol. The Labute approximate surface area is 120 Å². The zero-order valence-corrected chi connectivity index (χ0v) is 11.2. The molecule has 2 aromatic carbocycles. The van der Waals surface area contributed by atoms with Crippen LogP contribution in [0.4, 0.5) is 0 Å². The number of esters is 1. The lowest BCUT2D eigenvalue weighted by Crippen LogP contribution is -2.05. The van der Waals surface area contributed by atoms with Gasteiger partial charge in [0.15, 0.2) is 0 Å². The van der Waals surface area contributed by atoms with Crippen LogP contribution in [0.2, 0.25) is 0 Å². The van der Waals surface area contributed by atoms with Crippen molar-refractivity contribution in [3.63, 3.8) is 0 Å². The van der Waals surface area contributed by atoms with Crippen LogP contribution in [0.15, 0.2) is 42.5 Å². The van der Waals surface area contributed by atoms with Crippen molar-refractivity contribution in [3.8, 4) is 11.1 Å². The van der Waals surface area contributed by atoms with Gasteiger partial charge in [-0.3, -0.25) is 4.79 Å². The fourth-order valence-corrected chi connectivity index (χ4v) is 1.91. The number of carbonyl (C=O) groups is 3. The van der Waals surface area contributed by atoms with E-state index in [9.17, 15) is 14.4 Å². The summed E-state index contributed by atoms with van der Waals surface area (Å²) >= 11 is 0. The third-order valence-corrected chi connectivity index (χ3v) is 2.98. The zero-order chi connectivity index (χ0) is 15.4. The minimum absolute atomic E-state index is 0.00707. The number of aldehydes is 1. The van der Waals surface area contributed by atoms with Crippen LogP contribution in [-0.2, 0) is 4.74 Å². The Kier molecular flexibility index (Phi) is 4.13. The summed E-state index contributed by atoms with van der Waals surface area (Å²) in [5, 5.41) is 9.12. The third-order valence-electron chi connectivity index (χ3n) is 2.98. The highest BCUT2D eigenvalue weighted by Crippen LogP contribution is 2.23. The van der Waals surface area contributed by atoms with Gasteiger partial charge in [0.05, 0.1) is 18.2 Å². The van der Waals surface area contributed by atoms with Crippen LogP contribution in [0.5, 0.6) is 0 Å². The van der Waals surface area contributed by atoms with Crippen LogP contribution in [0.25, 0.3) is 11.1 Å². The molecule has 0 atom stereocenters. The fourth-order valence-electron chi connectivity index (χ4n) is 1.91. The number of rotatable bonds is 4. The van der Waals surface area contributed by atoms with Crippen molar-refractivity contribution >= 4 is 18.2 Å². The number of carbonyl (C=O) groups excluding carboxylic acids is 2. The number of carboxylic acid groups (broad SMARTS) is 1. The molecule has 0 heterocycles. The number of methoxy groups -OCH3 is 1. The van der Waals surface area contributed by atoms with Gasteiger partial charge in [-0.1, -0.05) is 24.3 Å². The van der Waals surface area contributed by atoms with E-state index in [1.54, 1.807) is 30.3 Å². The van der Waals surface area contributed by atoms with Crippen molar-refractivity contribution in [2.24, 2.45) is 0 Å². The van der Waals surface area contributed by atoms with Gasteiger partial charge >= 0.3 is 11.9 Å². The molecule has 1 N–H and O–H groups in total. The first-order valence-corrected chi connectivity index (χ1v) is 6.07. The molecule has 0 aromatic heterocycles. The van der Waals surface area contributed by atoms with Gasteiger partial charge in [0, 0.05) is 5.56 Å². The van der Waals surface area contributed by atoms with Crippen molar-refractivity contribution in [1.82, 2.24) is 0 Å². The maximum Gasteiger partial charge on any atom is 0.337 e. The lowest BCUT2D eigenvalue weighted by molar-refractivity contribution is 0.0600. The first kappa shape index (κ1) is 14.5. The van der Waals surface area contributed by atoms with E-state index in [0.717, 1.165) is 6.29 Å². The summed E-state index contributed by atoms with van der Waals surface area (Å²) < 4.78 is 4.62. The molecule has 0 bridgehead atoms. The predicted molar refractivity (Wildman–Crippen MR) is 75.6 cm³/mol. The topological polar surface area (TPSA) is 80.7 Å². The van der Waals surface area contributed by atoms with Crippen molar-refractivity contribution in [1.29, 1.82) is 0 Å². The molecule has 2 aromatic rings. The van der Waals surface area contributed by atoms with Gasteiger partial charge in [0.2, 0.25) is 0 Å². The summed E-state index contributed by atoms with van der Waals surface area (Å²) in [6.45, 7) is 0. The van der Waals surface area contributed by atoms with Gasteiger partial charge in [-0.2, -0.15) is 0 Å². The summed E-state index contributed by atoms with van der Waals surface area (Å²) in [4.78, 5) is 33.4. The smallest absolute Gasteiger partial charge is 0.337 e. The van der Waals surface area contributed by atoms with Crippen LogP contribution in [0, 0.1) is 0 Å². The Balaban J connectivity index is 2.55. The molecule has 0 fully saturated rings. The quantitative estimate of drug-likeness (QED) is 0.689. The molecular formula is C16H12O5. The summed E-state index contributed by atoms with van der Waals surface area (Å²) in [5.74, 6) is -1.74. The number of carboxylic acids is 1. The maximum absolute atomic E-state index is 11.6. The standard InChI is InChI=1S/C16H12O5/c1-21-16(20)14-7-12(6-13(8-14)15(18)19)11-4-2-10(9-17)3-5-11/h2-9H,1H3,(H,18,19). The molecule has 2 rings (SSSR count). The highest BCUT2D eigenvalue weighted by Gasteiger charge is 2.13. The second kappa shape index (κ2) is 6.00. The van der Waals surface area contributed by atoms with E-state index in [1.165, 1.54) is 19.2 Å². The number of benzene rings is 2. The largest absolute Gasteiger partial charge is 0.478 e. The summed E-state index contributed by atoms with van der Waals surface area (Å²) in [6, 6.07) is 10.9. The molecule has 0 radical (unpaired) electrons.